The number of alkyl halides is 3. The fourth-order valence-corrected chi connectivity index (χ4v) is 6.73. The molecule has 35 heavy (non-hydrogen) atoms. The van der Waals surface area contributed by atoms with Crippen LogP contribution in [0.4, 0.5) is 13.2 Å². The van der Waals surface area contributed by atoms with Gasteiger partial charge in [-0.05, 0) is 75.6 Å². The largest absolute Gasteiger partial charge is 0.492 e. The Bertz CT molecular complexity index is 945. The number of hydrogen-bond acceptors (Lipinski definition) is 4. The van der Waals surface area contributed by atoms with E-state index in [4.69, 9.17) is 9.47 Å². The van der Waals surface area contributed by atoms with E-state index in [0.29, 0.717) is 36.3 Å². The molecule has 2 aliphatic carbocycles. The van der Waals surface area contributed by atoms with Crippen molar-refractivity contribution in [3.8, 4) is 5.75 Å². The number of halogens is 3. The van der Waals surface area contributed by atoms with Crippen LogP contribution in [0.3, 0.4) is 0 Å². The molecule has 0 bridgehead atoms. The maximum Gasteiger partial charge on any atom is 0.397 e. The zero-order chi connectivity index (χ0) is 24.3. The van der Waals surface area contributed by atoms with E-state index in [9.17, 15) is 18.0 Å². The summed E-state index contributed by atoms with van der Waals surface area (Å²) >= 11 is 0. The molecule has 1 atom stereocenters. The standard InChI is InChI=1S/C27H35F3N2O3/c28-27(29,30)26(9-10-26)18-35-23-4-2-1-3-22(23)19-6-11-31(12-7-19)21-5-8-25(13-21)16-32(17-25)24(33)20-14-34-15-20/h1-4,19-21H,5-18H2/t21-/m1/s1. The summed E-state index contributed by atoms with van der Waals surface area (Å²) in [6.07, 6.45) is 1.70. The predicted molar refractivity (Wildman–Crippen MR) is 124 cm³/mol. The Morgan fingerprint density at radius 3 is 2.40 bits per heavy atom. The summed E-state index contributed by atoms with van der Waals surface area (Å²) < 4.78 is 51.0. The van der Waals surface area contributed by atoms with Crippen LogP contribution in [0.1, 0.15) is 56.4 Å². The second kappa shape index (κ2) is 8.65. The van der Waals surface area contributed by atoms with E-state index < -0.39 is 11.6 Å². The number of rotatable bonds is 6. The number of carbonyl (C=O) groups excluding carboxylic acids is 1. The smallest absolute Gasteiger partial charge is 0.397 e. The first kappa shape index (κ1) is 23.6. The van der Waals surface area contributed by atoms with E-state index in [-0.39, 0.29) is 31.3 Å². The highest BCUT2D eigenvalue weighted by atomic mass is 19.4. The van der Waals surface area contributed by atoms with Crippen molar-refractivity contribution in [2.24, 2.45) is 16.7 Å². The van der Waals surface area contributed by atoms with Crippen LogP contribution in [0, 0.1) is 16.7 Å². The maximum atomic E-state index is 13.3. The normalized spacial score (nSPS) is 28.5. The van der Waals surface area contributed by atoms with Gasteiger partial charge in [0, 0.05) is 24.5 Å². The summed E-state index contributed by atoms with van der Waals surface area (Å²) in [6.45, 7) is 4.71. The number of likely N-dealkylation sites (tertiary alicyclic amines) is 2. The summed E-state index contributed by atoms with van der Waals surface area (Å²) in [5, 5.41) is 0. The Kier molecular flexibility index (Phi) is 5.83. The van der Waals surface area contributed by atoms with Gasteiger partial charge in [-0.2, -0.15) is 13.2 Å². The van der Waals surface area contributed by atoms with Gasteiger partial charge in [-0.1, -0.05) is 18.2 Å². The molecule has 5 fully saturated rings. The number of para-hydroxylation sites is 1. The second-order valence-electron chi connectivity index (χ2n) is 11.7. The first-order chi connectivity index (χ1) is 16.8. The van der Waals surface area contributed by atoms with Crippen molar-refractivity contribution in [1.82, 2.24) is 9.80 Å². The number of carbonyl (C=O) groups is 1. The molecule has 0 aromatic heterocycles. The minimum atomic E-state index is -4.19. The average molecular weight is 493 g/mol. The quantitative estimate of drug-likeness (QED) is 0.582. The first-order valence-electron chi connectivity index (χ1n) is 13.2. The van der Waals surface area contributed by atoms with Gasteiger partial charge >= 0.3 is 6.18 Å². The molecular formula is C27H35F3N2O3. The highest BCUT2D eigenvalue weighted by molar-refractivity contribution is 5.80. The molecule has 3 heterocycles. The summed E-state index contributed by atoms with van der Waals surface area (Å²) in [4.78, 5) is 17.1. The molecule has 0 unspecified atom stereocenters. The number of amides is 1. The minimum absolute atomic E-state index is 0.0821. The number of hydrogen-bond donors (Lipinski definition) is 0. The number of ether oxygens (including phenoxy) is 2. The molecule has 3 aliphatic heterocycles. The topological polar surface area (TPSA) is 42.0 Å². The third-order valence-corrected chi connectivity index (χ3v) is 9.39. The van der Waals surface area contributed by atoms with Crippen LogP contribution in [0.15, 0.2) is 24.3 Å². The molecule has 1 aromatic carbocycles. The van der Waals surface area contributed by atoms with Gasteiger partial charge < -0.3 is 19.3 Å². The van der Waals surface area contributed by atoms with Crippen LogP contribution in [0.5, 0.6) is 5.75 Å². The highest BCUT2D eigenvalue weighted by Gasteiger charge is 2.64. The summed E-state index contributed by atoms with van der Waals surface area (Å²) in [5.41, 5.74) is -0.282. The van der Waals surface area contributed by atoms with Crippen LogP contribution in [-0.2, 0) is 9.53 Å². The molecule has 3 saturated heterocycles. The van der Waals surface area contributed by atoms with Crippen LogP contribution < -0.4 is 4.74 Å². The van der Waals surface area contributed by atoms with Crippen molar-refractivity contribution in [1.29, 1.82) is 0 Å². The fraction of sp³-hybridized carbons (Fsp3) is 0.741. The molecule has 192 valence electrons. The van der Waals surface area contributed by atoms with Crippen molar-refractivity contribution in [3.63, 3.8) is 0 Å². The Morgan fingerprint density at radius 2 is 1.77 bits per heavy atom. The highest BCUT2D eigenvalue weighted by Crippen LogP contribution is 2.57. The van der Waals surface area contributed by atoms with E-state index in [1.807, 2.05) is 29.2 Å². The summed E-state index contributed by atoms with van der Waals surface area (Å²) in [7, 11) is 0. The molecule has 2 saturated carbocycles. The van der Waals surface area contributed by atoms with Gasteiger partial charge in [0.1, 0.15) is 17.8 Å². The number of benzene rings is 1. The average Bonchev–Trinajstić information content (AvgIpc) is 3.46. The molecule has 5 aliphatic rings. The third kappa shape index (κ3) is 4.35. The lowest BCUT2D eigenvalue weighted by Crippen LogP contribution is -2.61. The molecule has 1 amide bonds. The molecule has 1 spiro atoms. The van der Waals surface area contributed by atoms with Gasteiger partial charge in [-0.3, -0.25) is 4.79 Å². The van der Waals surface area contributed by atoms with Crippen molar-refractivity contribution in [2.45, 2.75) is 63.1 Å². The van der Waals surface area contributed by atoms with E-state index >= 15 is 0 Å². The van der Waals surface area contributed by atoms with Gasteiger partial charge in [0.2, 0.25) is 5.91 Å². The van der Waals surface area contributed by atoms with Crippen LogP contribution in [0.2, 0.25) is 0 Å². The summed E-state index contributed by atoms with van der Waals surface area (Å²) in [6, 6.07) is 8.25. The van der Waals surface area contributed by atoms with E-state index in [2.05, 4.69) is 4.90 Å². The van der Waals surface area contributed by atoms with E-state index in [1.165, 1.54) is 19.3 Å². The summed E-state index contributed by atoms with van der Waals surface area (Å²) in [5.74, 6) is 1.30. The van der Waals surface area contributed by atoms with Crippen LogP contribution >= 0.6 is 0 Å². The van der Waals surface area contributed by atoms with E-state index in [1.54, 1.807) is 0 Å². The van der Waals surface area contributed by atoms with Gasteiger partial charge in [0.05, 0.1) is 19.1 Å². The van der Waals surface area contributed by atoms with Crippen LogP contribution in [-0.4, -0.2) is 73.9 Å². The third-order valence-electron chi connectivity index (χ3n) is 9.39. The van der Waals surface area contributed by atoms with Gasteiger partial charge in [-0.15, -0.1) is 0 Å². The fourth-order valence-electron chi connectivity index (χ4n) is 6.73. The predicted octanol–water partition coefficient (Wildman–Crippen LogP) is 4.61. The van der Waals surface area contributed by atoms with Gasteiger partial charge in [0.15, 0.2) is 0 Å². The van der Waals surface area contributed by atoms with Crippen molar-refractivity contribution < 1.29 is 27.4 Å². The van der Waals surface area contributed by atoms with E-state index in [0.717, 1.165) is 44.6 Å². The lowest BCUT2D eigenvalue weighted by Gasteiger charge is -2.50. The lowest BCUT2D eigenvalue weighted by atomic mass is 9.77. The van der Waals surface area contributed by atoms with Crippen molar-refractivity contribution in [2.75, 3.05) is 46.0 Å². The Hall–Kier alpha value is -1.80. The maximum absolute atomic E-state index is 13.3. The molecule has 0 radical (unpaired) electrons. The van der Waals surface area contributed by atoms with Gasteiger partial charge in [-0.25, -0.2) is 0 Å². The Labute approximate surface area is 204 Å². The molecule has 1 aromatic rings. The monoisotopic (exact) mass is 492 g/mol. The number of nitrogens with zero attached hydrogens (tertiary/aromatic N) is 2. The van der Waals surface area contributed by atoms with Crippen molar-refractivity contribution >= 4 is 5.91 Å². The molecule has 0 N–H and O–H groups in total. The minimum Gasteiger partial charge on any atom is -0.492 e. The second-order valence-corrected chi connectivity index (χ2v) is 11.7. The van der Waals surface area contributed by atoms with Crippen molar-refractivity contribution in [3.05, 3.63) is 29.8 Å². The Balaban J connectivity index is 1.01. The zero-order valence-corrected chi connectivity index (χ0v) is 20.2. The molecule has 6 rings (SSSR count). The molecular weight excluding hydrogens is 457 g/mol. The molecule has 8 heteroatoms. The number of piperidine rings is 1. The SMILES string of the molecule is O=C(C1COC1)N1CC2(CC[C@@H](N3CCC(c4ccccc4OCC4(C(F)(F)F)CC4)CC3)C2)C1. The van der Waals surface area contributed by atoms with Crippen LogP contribution in [0.25, 0.3) is 0 Å². The first-order valence-corrected chi connectivity index (χ1v) is 13.2. The zero-order valence-electron chi connectivity index (χ0n) is 20.2. The lowest BCUT2D eigenvalue weighted by molar-refractivity contribution is -0.194. The Morgan fingerprint density at radius 1 is 1.06 bits per heavy atom. The molecule has 5 nitrogen and oxygen atoms in total. The van der Waals surface area contributed by atoms with Gasteiger partial charge in [0.25, 0.3) is 0 Å².